The van der Waals surface area contributed by atoms with Gasteiger partial charge in [-0.2, -0.15) is 0 Å². The van der Waals surface area contributed by atoms with Gasteiger partial charge in [-0.15, -0.1) is 0 Å². The van der Waals surface area contributed by atoms with Gasteiger partial charge in [-0.25, -0.2) is 0 Å². The molecule has 2 N–H and O–H groups in total. The van der Waals surface area contributed by atoms with Crippen molar-refractivity contribution in [3.8, 4) is 5.75 Å². The number of aryl methyl sites for hydroxylation is 1. The van der Waals surface area contributed by atoms with E-state index in [9.17, 15) is 15.1 Å². The number of phenolic OH excluding ortho intramolecular Hbond substituents is 1. The summed E-state index contributed by atoms with van der Waals surface area (Å²) in [7, 11) is 0. The van der Waals surface area contributed by atoms with Crippen molar-refractivity contribution in [3.05, 3.63) is 70.5 Å². The lowest BCUT2D eigenvalue weighted by Crippen LogP contribution is -2.23. The molecule has 2 aromatic carbocycles. The lowest BCUT2D eigenvalue weighted by molar-refractivity contribution is 0.256. The zero-order valence-corrected chi connectivity index (χ0v) is 13.5. The van der Waals surface area contributed by atoms with E-state index in [0.29, 0.717) is 36.1 Å². The summed E-state index contributed by atoms with van der Waals surface area (Å²) in [6, 6.07) is 16.2. The molecule has 5 heteroatoms. The summed E-state index contributed by atoms with van der Waals surface area (Å²) in [4.78, 5) is 12.0. The van der Waals surface area contributed by atoms with Gasteiger partial charge in [0.25, 0.3) is 5.56 Å². The molecule has 0 atom stereocenters. The first-order valence-corrected chi connectivity index (χ1v) is 7.97. The Morgan fingerprint density at radius 2 is 1.79 bits per heavy atom. The van der Waals surface area contributed by atoms with E-state index in [0.717, 1.165) is 5.56 Å². The molecule has 0 fully saturated rings. The average molecular weight is 324 g/mol. The van der Waals surface area contributed by atoms with E-state index in [2.05, 4.69) is 0 Å². The summed E-state index contributed by atoms with van der Waals surface area (Å²) >= 11 is 0. The van der Waals surface area contributed by atoms with Gasteiger partial charge in [0.1, 0.15) is 5.75 Å². The zero-order chi connectivity index (χ0) is 17.1. The van der Waals surface area contributed by atoms with Crippen molar-refractivity contribution in [3.63, 3.8) is 0 Å². The van der Waals surface area contributed by atoms with Crippen LogP contribution in [0.5, 0.6) is 5.75 Å². The maximum Gasteiger partial charge on any atom is 0.251 e. The number of phenols is 1. The summed E-state index contributed by atoms with van der Waals surface area (Å²) in [6.45, 7) is 2.71. The Kier molecular flexibility index (Phi) is 4.53. The van der Waals surface area contributed by atoms with E-state index in [4.69, 9.17) is 0 Å². The van der Waals surface area contributed by atoms with E-state index >= 15 is 0 Å². The summed E-state index contributed by atoms with van der Waals surface area (Å²) in [6.07, 6.45) is 0.688. The summed E-state index contributed by atoms with van der Waals surface area (Å²) < 4.78 is 1.50. The highest BCUT2D eigenvalue weighted by Gasteiger charge is 2.14. The average Bonchev–Trinajstić information content (AvgIpc) is 2.61. The fourth-order valence-electron chi connectivity index (χ4n) is 2.93. The molecular formula is C19H20N2O3. The number of fused-ring (bicyclic) bond motifs is 1. The Hall–Kier alpha value is -2.79. The largest absolute Gasteiger partial charge is 0.506 e. The van der Waals surface area contributed by atoms with Gasteiger partial charge in [-0.3, -0.25) is 15.1 Å². The predicted octanol–water partition coefficient (Wildman–Crippen LogP) is 3.17. The smallest absolute Gasteiger partial charge is 0.251 e. The molecule has 1 aromatic heterocycles. The van der Waals surface area contributed by atoms with Crippen molar-refractivity contribution in [1.82, 2.24) is 4.57 Å². The fourth-order valence-corrected chi connectivity index (χ4v) is 2.93. The fraction of sp³-hybridized carbons (Fsp3) is 0.211. The topological polar surface area (TPSA) is 65.7 Å². The standard InChI is InChI=1S/C19H20N2O3/c1-2-20-18(23)11-8-15-16(9-10-17(22)19(15)20)21(24)13-12-14-6-4-3-5-7-14/h3-11,22,24H,2,12-13H2,1H3. The molecule has 0 spiro atoms. The van der Waals surface area contributed by atoms with Gasteiger partial charge in [-0.1, -0.05) is 30.3 Å². The Morgan fingerprint density at radius 3 is 2.50 bits per heavy atom. The van der Waals surface area contributed by atoms with Crippen LogP contribution in [0.15, 0.2) is 59.4 Å². The minimum atomic E-state index is -0.175. The Morgan fingerprint density at radius 1 is 1.04 bits per heavy atom. The number of aromatic hydroxyl groups is 1. The molecular weight excluding hydrogens is 304 g/mol. The lowest BCUT2D eigenvalue weighted by Gasteiger charge is -2.20. The van der Waals surface area contributed by atoms with E-state index in [-0.39, 0.29) is 11.3 Å². The summed E-state index contributed by atoms with van der Waals surface area (Å²) in [5.74, 6) is 0.0322. The Labute approximate surface area is 140 Å². The Balaban J connectivity index is 1.97. The zero-order valence-electron chi connectivity index (χ0n) is 13.5. The van der Waals surface area contributed by atoms with Crippen LogP contribution in [0, 0.1) is 0 Å². The first kappa shape index (κ1) is 16.1. The number of aromatic nitrogens is 1. The molecule has 1 heterocycles. The highest BCUT2D eigenvalue weighted by molar-refractivity contribution is 5.95. The van der Waals surface area contributed by atoms with Gasteiger partial charge in [0.05, 0.1) is 11.2 Å². The molecule has 0 amide bonds. The van der Waals surface area contributed by atoms with Crippen molar-refractivity contribution in [2.24, 2.45) is 0 Å². The molecule has 0 radical (unpaired) electrons. The molecule has 0 aliphatic carbocycles. The number of rotatable bonds is 5. The molecule has 3 rings (SSSR count). The number of hydroxylamine groups is 1. The number of hydrogen-bond acceptors (Lipinski definition) is 4. The number of hydrogen-bond donors (Lipinski definition) is 2. The molecule has 0 saturated carbocycles. The monoisotopic (exact) mass is 324 g/mol. The third-order valence-electron chi connectivity index (χ3n) is 4.15. The quantitative estimate of drug-likeness (QED) is 0.708. The second-order valence-corrected chi connectivity index (χ2v) is 5.64. The van der Waals surface area contributed by atoms with Gasteiger partial charge in [0.2, 0.25) is 0 Å². The van der Waals surface area contributed by atoms with E-state index in [1.54, 1.807) is 12.1 Å². The van der Waals surface area contributed by atoms with Crippen LogP contribution in [0.3, 0.4) is 0 Å². The number of pyridine rings is 1. The molecule has 124 valence electrons. The SMILES string of the molecule is CCn1c(=O)ccc2c(N(O)CCc3ccccc3)ccc(O)c21. The molecule has 0 aliphatic heterocycles. The van der Waals surface area contributed by atoms with Gasteiger partial charge >= 0.3 is 0 Å². The first-order chi connectivity index (χ1) is 11.6. The van der Waals surface area contributed by atoms with Crippen LogP contribution in [0.4, 0.5) is 5.69 Å². The maximum absolute atomic E-state index is 12.0. The van der Waals surface area contributed by atoms with E-state index in [1.807, 2.05) is 37.3 Å². The van der Waals surface area contributed by atoms with Crippen molar-refractivity contribution in [2.75, 3.05) is 11.6 Å². The molecule has 3 aromatic rings. The number of anilines is 1. The second-order valence-electron chi connectivity index (χ2n) is 5.64. The Bertz CT molecular complexity index is 904. The molecule has 0 saturated heterocycles. The van der Waals surface area contributed by atoms with E-state index in [1.165, 1.54) is 21.8 Å². The highest BCUT2D eigenvalue weighted by Crippen LogP contribution is 2.31. The third kappa shape index (κ3) is 2.98. The summed E-state index contributed by atoms with van der Waals surface area (Å²) in [5.41, 5.74) is 1.97. The van der Waals surface area contributed by atoms with Gasteiger partial charge in [0.15, 0.2) is 0 Å². The van der Waals surface area contributed by atoms with Crippen LogP contribution >= 0.6 is 0 Å². The predicted molar refractivity (Wildman–Crippen MR) is 94.8 cm³/mol. The summed E-state index contributed by atoms with van der Waals surface area (Å²) in [5, 5.41) is 22.4. The minimum absolute atomic E-state index is 0.0322. The van der Waals surface area contributed by atoms with Gasteiger partial charge < -0.3 is 9.67 Å². The van der Waals surface area contributed by atoms with E-state index < -0.39 is 0 Å². The van der Waals surface area contributed by atoms with Crippen LogP contribution in [-0.4, -0.2) is 21.4 Å². The van der Waals surface area contributed by atoms with Crippen molar-refractivity contribution < 1.29 is 10.3 Å². The number of benzene rings is 2. The first-order valence-electron chi connectivity index (χ1n) is 7.97. The van der Waals surface area contributed by atoms with Crippen LogP contribution < -0.4 is 10.6 Å². The van der Waals surface area contributed by atoms with Crippen LogP contribution in [0.1, 0.15) is 12.5 Å². The third-order valence-corrected chi connectivity index (χ3v) is 4.15. The molecule has 5 nitrogen and oxygen atoms in total. The van der Waals surface area contributed by atoms with Gasteiger partial charge in [0, 0.05) is 24.5 Å². The van der Waals surface area contributed by atoms with Crippen molar-refractivity contribution in [1.29, 1.82) is 0 Å². The van der Waals surface area contributed by atoms with Gasteiger partial charge in [-0.05, 0) is 37.1 Å². The van der Waals surface area contributed by atoms with Crippen molar-refractivity contribution in [2.45, 2.75) is 19.9 Å². The molecule has 24 heavy (non-hydrogen) atoms. The van der Waals surface area contributed by atoms with Crippen LogP contribution in [-0.2, 0) is 13.0 Å². The molecule has 0 unspecified atom stereocenters. The second kappa shape index (κ2) is 6.76. The molecule has 0 bridgehead atoms. The maximum atomic E-state index is 12.0. The van der Waals surface area contributed by atoms with Crippen LogP contribution in [0.25, 0.3) is 10.9 Å². The highest BCUT2D eigenvalue weighted by atomic mass is 16.5. The van der Waals surface area contributed by atoms with Crippen LogP contribution in [0.2, 0.25) is 0 Å². The minimum Gasteiger partial charge on any atom is -0.506 e. The molecule has 0 aliphatic rings. The number of nitrogens with zero attached hydrogens (tertiary/aromatic N) is 2. The van der Waals surface area contributed by atoms with Crippen molar-refractivity contribution >= 4 is 16.6 Å². The normalized spacial score (nSPS) is 10.9. The lowest BCUT2D eigenvalue weighted by atomic mass is 10.1.